The van der Waals surface area contributed by atoms with Crippen LogP contribution in [-0.2, 0) is 11.2 Å². The van der Waals surface area contributed by atoms with Crippen molar-refractivity contribution in [2.75, 3.05) is 0 Å². The summed E-state index contributed by atoms with van der Waals surface area (Å²) in [6.07, 6.45) is 0.725. The second kappa shape index (κ2) is 4.43. The van der Waals surface area contributed by atoms with Crippen LogP contribution in [0.4, 0.5) is 0 Å². The predicted molar refractivity (Wildman–Crippen MR) is 54.9 cm³/mol. The van der Waals surface area contributed by atoms with Gasteiger partial charge in [0.25, 0.3) is 0 Å². The molecule has 1 aromatic carbocycles. The maximum Gasteiger partial charge on any atom is 0.224 e. The molecular formula is C11H13ClO. The first kappa shape index (κ1) is 10.3. The molecule has 1 rings (SSSR count). The van der Waals surface area contributed by atoms with E-state index in [4.69, 9.17) is 11.6 Å². The van der Waals surface area contributed by atoms with Crippen molar-refractivity contribution in [1.29, 1.82) is 0 Å². The number of rotatable bonds is 3. The predicted octanol–water partition coefficient (Wildman–Crippen LogP) is 2.94. The van der Waals surface area contributed by atoms with E-state index in [2.05, 4.69) is 0 Å². The molecule has 0 N–H and O–H groups in total. The Morgan fingerprint density at radius 3 is 2.38 bits per heavy atom. The summed E-state index contributed by atoms with van der Waals surface area (Å²) in [6, 6.07) is 8.15. The Balaban J connectivity index is 2.64. The number of halogens is 1. The van der Waals surface area contributed by atoms with Crippen molar-refractivity contribution in [3.8, 4) is 0 Å². The summed E-state index contributed by atoms with van der Waals surface area (Å²) in [5.74, 6) is -0.0932. The van der Waals surface area contributed by atoms with Crippen LogP contribution in [0.2, 0.25) is 0 Å². The molecule has 1 nitrogen and oxygen atoms in total. The molecule has 1 atom stereocenters. The molecule has 70 valence electrons. The highest BCUT2D eigenvalue weighted by molar-refractivity contribution is 6.63. The molecule has 0 fully saturated rings. The topological polar surface area (TPSA) is 17.1 Å². The second-order valence-electron chi connectivity index (χ2n) is 3.39. The van der Waals surface area contributed by atoms with Crippen LogP contribution in [0, 0.1) is 12.8 Å². The van der Waals surface area contributed by atoms with Gasteiger partial charge >= 0.3 is 0 Å². The van der Waals surface area contributed by atoms with Gasteiger partial charge < -0.3 is 0 Å². The standard InChI is InChI=1S/C11H13ClO/c1-8-3-5-10(6-4-8)7-9(2)11(12)13/h3-6,9H,7H2,1-2H3. The summed E-state index contributed by atoms with van der Waals surface area (Å²) in [7, 11) is 0. The molecule has 0 aliphatic heterocycles. The maximum absolute atomic E-state index is 10.8. The van der Waals surface area contributed by atoms with Crippen molar-refractivity contribution in [1.82, 2.24) is 0 Å². The van der Waals surface area contributed by atoms with Crippen LogP contribution in [0.25, 0.3) is 0 Å². The lowest BCUT2D eigenvalue weighted by Crippen LogP contribution is -2.07. The molecule has 2 heteroatoms. The average Bonchev–Trinajstić information content (AvgIpc) is 2.08. The van der Waals surface area contributed by atoms with Crippen molar-refractivity contribution in [3.05, 3.63) is 35.4 Å². The van der Waals surface area contributed by atoms with Gasteiger partial charge in [0.1, 0.15) is 0 Å². The Hall–Kier alpha value is -0.820. The van der Waals surface area contributed by atoms with E-state index in [1.807, 2.05) is 38.1 Å². The number of benzene rings is 1. The average molecular weight is 197 g/mol. The molecule has 0 aromatic heterocycles. The third-order valence-corrected chi connectivity index (χ3v) is 2.42. The smallest absolute Gasteiger partial charge is 0.224 e. The van der Waals surface area contributed by atoms with Crippen LogP contribution < -0.4 is 0 Å². The summed E-state index contributed by atoms with van der Waals surface area (Å²) in [5, 5.41) is -0.263. The Kier molecular flexibility index (Phi) is 3.49. The van der Waals surface area contributed by atoms with Gasteiger partial charge in [-0.1, -0.05) is 36.8 Å². The minimum absolute atomic E-state index is 0.0932. The molecule has 0 heterocycles. The van der Waals surface area contributed by atoms with E-state index in [0.29, 0.717) is 0 Å². The summed E-state index contributed by atoms with van der Waals surface area (Å²) in [4.78, 5) is 10.8. The third-order valence-electron chi connectivity index (χ3n) is 2.05. The molecule has 13 heavy (non-hydrogen) atoms. The fraction of sp³-hybridized carbons (Fsp3) is 0.364. The van der Waals surface area contributed by atoms with E-state index < -0.39 is 0 Å². The number of aryl methyl sites for hydroxylation is 1. The summed E-state index contributed by atoms with van der Waals surface area (Å²) < 4.78 is 0. The van der Waals surface area contributed by atoms with E-state index in [1.165, 1.54) is 5.56 Å². The zero-order valence-electron chi connectivity index (χ0n) is 7.88. The van der Waals surface area contributed by atoms with Gasteiger partial charge in [-0.15, -0.1) is 0 Å². The first-order valence-corrected chi connectivity index (χ1v) is 4.72. The molecule has 0 saturated carbocycles. The molecule has 0 spiro atoms. The summed E-state index contributed by atoms with van der Waals surface area (Å²) >= 11 is 5.37. The minimum atomic E-state index is -0.263. The van der Waals surface area contributed by atoms with Gasteiger partial charge in [-0.25, -0.2) is 0 Å². The molecular weight excluding hydrogens is 184 g/mol. The van der Waals surface area contributed by atoms with Gasteiger partial charge in [0, 0.05) is 5.92 Å². The molecule has 1 aromatic rings. The zero-order chi connectivity index (χ0) is 9.84. The SMILES string of the molecule is Cc1ccc(CC(C)C(=O)Cl)cc1. The number of carbonyl (C=O) groups excluding carboxylic acids is 1. The molecule has 0 radical (unpaired) electrons. The van der Waals surface area contributed by atoms with Crippen LogP contribution in [0.5, 0.6) is 0 Å². The third kappa shape index (κ3) is 3.19. The normalized spacial score (nSPS) is 12.5. The van der Waals surface area contributed by atoms with E-state index in [-0.39, 0.29) is 11.2 Å². The quantitative estimate of drug-likeness (QED) is 0.680. The molecule has 1 unspecified atom stereocenters. The number of hydrogen-bond acceptors (Lipinski definition) is 1. The van der Waals surface area contributed by atoms with E-state index in [9.17, 15) is 4.79 Å². The monoisotopic (exact) mass is 196 g/mol. The minimum Gasteiger partial charge on any atom is -0.281 e. The highest BCUT2D eigenvalue weighted by atomic mass is 35.5. The van der Waals surface area contributed by atoms with Gasteiger partial charge in [0.05, 0.1) is 0 Å². The van der Waals surface area contributed by atoms with Gasteiger partial charge in [-0.2, -0.15) is 0 Å². The molecule has 0 aliphatic carbocycles. The highest BCUT2D eigenvalue weighted by Crippen LogP contribution is 2.11. The first-order valence-electron chi connectivity index (χ1n) is 4.34. The van der Waals surface area contributed by atoms with Crippen molar-refractivity contribution >= 4 is 16.8 Å². The summed E-state index contributed by atoms with van der Waals surface area (Å²) in [6.45, 7) is 3.88. The van der Waals surface area contributed by atoms with Crippen molar-refractivity contribution in [3.63, 3.8) is 0 Å². The van der Waals surface area contributed by atoms with Crippen LogP contribution in [-0.4, -0.2) is 5.24 Å². The van der Waals surface area contributed by atoms with Crippen LogP contribution in [0.1, 0.15) is 18.1 Å². The van der Waals surface area contributed by atoms with E-state index in [0.717, 1.165) is 12.0 Å². The largest absolute Gasteiger partial charge is 0.281 e. The Morgan fingerprint density at radius 2 is 1.92 bits per heavy atom. The number of carbonyl (C=O) groups is 1. The zero-order valence-corrected chi connectivity index (χ0v) is 8.64. The fourth-order valence-electron chi connectivity index (χ4n) is 1.16. The van der Waals surface area contributed by atoms with Gasteiger partial charge in [-0.05, 0) is 30.5 Å². The number of hydrogen-bond donors (Lipinski definition) is 0. The lowest BCUT2D eigenvalue weighted by atomic mass is 10.0. The van der Waals surface area contributed by atoms with Gasteiger partial charge in [0.2, 0.25) is 5.24 Å². The molecule has 0 bridgehead atoms. The van der Waals surface area contributed by atoms with Crippen molar-refractivity contribution in [2.45, 2.75) is 20.3 Å². The summed E-state index contributed by atoms with van der Waals surface area (Å²) in [5.41, 5.74) is 2.39. The van der Waals surface area contributed by atoms with Gasteiger partial charge in [0.15, 0.2) is 0 Å². The Bertz CT molecular complexity index is 289. The lowest BCUT2D eigenvalue weighted by Gasteiger charge is -2.05. The molecule has 0 saturated heterocycles. The van der Waals surface area contributed by atoms with Crippen LogP contribution >= 0.6 is 11.6 Å². The van der Waals surface area contributed by atoms with Crippen LogP contribution in [0.3, 0.4) is 0 Å². The lowest BCUT2D eigenvalue weighted by molar-refractivity contribution is -0.114. The second-order valence-corrected chi connectivity index (χ2v) is 3.77. The molecule has 0 amide bonds. The maximum atomic E-state index is 10.8. The van der Waals surface area contributed by atoms with Crippen molar-refractivity contribution in [2.24, 2.45) is 5.92 Å². The Morgan fingerprint density at radius 1 is 1.38 bits per heavy atom. The van der Waals surface area contributed by atoms with E-state index in [1.54, 1.807) is 0 Å². The van der Waals surface area contributed by atoms with E-state index >= 15 is 0 Å². The highest BCUT2D eigenvalue weighted by Gasteiger charge is 2.09. The van der Waals surface area contributed by atoms with Crippen molar-refractivity contribution < 1.29 is 4.79 Å². The molecule has 0 aliphatic rings. The first-order chi connectivity index (χ1) is 6.09. The van der Waals surface area contributed by atoms with Gasteiger partial charge in [-0.3, -0.25) is 4.79 Å². The Labute approximate surface area is 83.7 Å². The fourth-order valence-corrected chi connectivity index (χ4v) is 1.24. The van der Waals surface area contributed by atoms with Crippen LogP contribution in [0.15, 0.2) is 24.3 Å².